The topological polar surface area (TPSA) is 37.3 Å². The number of aliphatic hydroxyl groups is 1. The molecule has 0 heterocycles. The molecule has 0 aliphatic rings. The third-order valence-corrected chi connectivity index (χ3v) is 3.52. The number of ketones is 1. The Hall–Kier alpha value is -1.93. The average Bonchev–Trinajstić information content (AvgIpc) is 2.47. The van der Waals surface area contributed by atoms with Crippen molar-refractivity contribution in [2.45, 2.75) is 25.7 Å². The number of carbonyl (C=O) groups excluding carboxylic acids is 1. The maximum absolute atomic E-state index is 12.3. The van der Waals surface area contributed by atoms with E-state index in [-0.39, 0.29) is 12.4 Å². The Kier molecular flexibility index (Phi) is 5.08. The molecule has 0 saturated carbocycles. The van der Waals surface area contributed by atoms with Crippen molar-refractivity contribution in [3.05, 3.63) is 71.3 Å². The molecule has 1 unspecified atom stereocenters. The van der Waals surface area contributed by atoms with Gasteiger partial charge in [-0.2, -0.15) is 0 Å². The number of aryl methyl sites for hydroxylation is 2. The molecule has 0 aliphatic heterocycles. The Bertz CT molecular complexity index is 561. The Morgan fingerprint density at radius 2 is 1.85 bits per heavy atom. The maximum atomic E-state index is 12.3. The van der Waals surface area contributed by atoms with E-state index in [2.05, 4.69) is 0 Å². The smallest absolute Gasteiger partial charge is 0.142 e. The minimum Gasteiger partial charge on any atom is -0.395 e. The van der Waals surface area contributed by atoms with Crippen LogP contribution in [0.5, 0.6) is 0 Å². The van der Waals surface area contributed by atoms with Gasteiger partial charge in [0.25, 0.3) is 0 Å². The molecular formula is C18H20O2. The largest absolute Gasteiger partial charge is 0.395 e. The van der Waals surface area contributed by atoms with Crippen molar-refractivity contribution in [1.82, 2.24) is 0 Å². The predicted molar refractivity (Wildman–Crippen MR) is 80.8 cm³/mol. The van der Waals surface area contributed by atoms with Gasteiger partial charge in [-0.05, 0) is 24.5 Å². The highest BCUT2D eigenvalue weighted by Gasteiger charge is 2.19. The van der Waals surface area contributed by atoms with E-state index < -0.39 is 5.92 Å². The molecule has 0 aromatic heterocycles. The second-order valence-corrected chi connectivity index (χ2v) is 5.10. The van der Waals surface area contributed by atoms with Crippen LogP contribution in [0, 0.1) is 6.92 Å². The minimum atomic E-state index is -0.404. The van der Waals surface area contributed by atoms with Gasteiger partial charge in [0.15, 0.2) is 0 Å². The van der Waals surface area contributed by atoms with Crippen molar-refractivity contribution in [2.24, 2.45) is 0 Å². The zero-order chi connectivity index (χ0) is 14.4. The van der Waals surface area contributed by atoms with Gasteiger partial charge in [-0.25, -0.2) is 0 Å². The van der Waals surface area contributed by atoms with Gasteiger partial charge in [-0.15, -0.1) is 0 Å². The number of hydrogen-bond acceptors (Lipinski definition) is 2. The van der Waals surface area contributed by atoms with Gasteiger partial charge in [-0.3, -0.25) is 4.79 Å². The van der Waals surface area contributed by atoms with Gasteiger partial charge < -0.3 is 5.11 Å². The zero-order valence-electron chi connectivity index (χ0n) is 11.8. The lowest BCUT2D eigenvalue weighted by molar-refractivity contribution is -0.121. The summed E-state index contributed by atoms with van der Waals surface area (Å²) in [6.45, 7) is 1.86. The lowest BCUT2D eigenvalue weighted by atomic mass is 9.91. The molecule has 2 heteroatoms. The first-order valence-corrected chi connectivity index (χ1v) is 6.95. The van der Waals surface area contributed by atoms with Crippen molar-refractivity contribution in [3.8, 4) is 0 Å². The molecule has 0 aliphatic carbocycles. The number of Topliss-reactive ketones (excluding diaryl/α,β-unsaturated/α-hetero) is 1. The van der Waals surface area contributed by atoms with Crippen LogP contribution in [0.1, 0.15) is 29.0 Å². The van der Waals surface area contributed by atoms with E-state index in [1.165, 1.54) is 0 Å². The summed E-state index contributed by atoms with van der Waals surface area (Å²) in [6, 6.07) is 17.8. The summed E-state index contributed by atoms with van der Waals surface area (Å²) in [5.74, 6) is -0.305. The van der Waals surface area contributed by atoms with Crippen molar-refractivity contribution in [3.63, 3.8) is 0 Å². The van der Waals surface area contributed by atoms with E-state index in [0.29, 0.717) is 6.42 Å². The SMILES string of the molecule is Cc1cccc(C(CO)C(=O)CCc2ccccc2)c1. The number of rotatable bonds is 6. The van der Waals surface area contributed by atoms with Crippen LogP contribution in [-0.2, 0) is 11.2 Å². The molecule has 1 atom stereocenters. The molecule has 0 amide bonds. The fraction of sp³-hybridized carbons (Fsp3) is 0.278. The van der Waals surface area contributed by atoms with Gasteiger partial charge >= 0.3 is 0 Å². The molecule has 0 saturated heterocycles. The predicted octanol–water partition coefficient (Wildman–Crippen LogP) is 3.27. The van der Waals surface area contributed by atoms with Crippen LogP contribution in [0.3, 0.4) is 0 Å². The average molecular weight is 268 g/mol. The normalized spacial score (nSPS) is 12.1. The molecular weight excluding hydrogens is 248 g/mol. The molecule has 1 N–H and O–H groups in total. The van der Waals surface area contributed by atoms with E-state index in [1.807, 2.05) is 61.5 Å². The lowest BCUT2D eigenvalue weighted by Crippen LogP contribution is -2.17. The number of benzene rings is 2. The molecule has 0 bridgehead atoms. The summed E-state index contributed by atoms with van der Waals surface area (Å²) in [4.78, 5) is 12.3. The van der Waals surface area contributed by atoms with Crippen molar-refractivity contribution in [1.29, 1.82) is 0 Å². The Morgan fingerprint density at radius 3 is 2.50 bits per heavy atom. The van der Waals surface area contributed by atoms with Crippen LogP contribution >= 0.6 is 0 Å². The molecule has 2 rings (SSSR count). The van der Waals surface area contributed by atoms with Gasteiger partial charge in [-0.1, -0.05) is 60.2 Å². The quantitative estimate of drug-likeness (QED) is 0.873. The molecule has 104 valence electrons. The fourth-order valence-electron chi connectivity index (χ4n) is 2.37. The molecule has 0 spiro atoms. The number of carbonyl (C=O) groups is 1. The summed E-state index contributed by atoms with van der Waals surface area (Å²) >= 11 is 0. The first-order chi connectivity index (χ1) is 9.70. The zero-order valence-corrected chi connectivity index (χ0v) is 11.8. The standard InChI is InChI=1S/C18H20O2/c1-14-6-5-9-16(12-14)17(13-19)18(20)11-10-15-7-3-2-4-8-15/h2-9,12,17,19H,10-11,13H2,1H3. The van der Waals surface area contributed by atoms with E-state index in [1.54, 1.807) is 0 Å². The Labute approximate surface area is 120 Å². The number of hydrogen-bond donors (Lipinski definition) is 1. The van der Waals surface area contributed by atoms with Crippen molar-refractivity contribution >= 4 is 5.78 Å². The van der Waals surface area contributed by atoms with Crippen LogP contribution in [0.25, 0.3) is 0 Å². The summed E-state index contributed by atoms with van der Waals surface area (Å²) in [6.07, 6.45) is 1.19. The molecule has 2 aromatic carbocycles. The molecule has 2 aromatic rings. The van der Waals surface area contributed by atoms with E-state index in [0.717, 1.165) is 23.1 Å². The lowest BCUT2D eigenvalue weighted by Gasteiger charge is -2.14. The van der Waals surface area contributed by atoms with Crippen LogP contribution in [-0.4, -0.2) is 17.5 Å². The third-order valence-electron chi connectivity index (χ3n) is 3.52. The summed E-state index contributed by atoms with van der Waals surface area (Å²) < 4.78 is 0. The van der Waals surface area contributed by atoms with Gasteiger partial charge in [0.05, 0.1) is 12.5 Å². The molecule has 2 nitrogen and oxygen atoms in total. The van der Waals surface area contributed by atoms with Crippen LogP contribution in [0.4, 0.5) is 0 Å². The van der Waals surface area contributed by atoms with E-state index in [9.17, 15) is 9.90 Å². The van der Waals surface area contributed by atoms with Crippen LogP contribution < -0.4 is 0 Å². The Balaban J connectivity index is 2.02. The maximum Gasteiger partial charge on any atom is 0.142 e. The molecule has 0 fully saturated rings. The summed E-state index contributed by atoms with van der Waals surface area (Å²) in [5, 5.41) is 9.52. The second-order valence-electron chi connectivity index (χ2n) is 5.10. The third kappa shape index (κ3) is 3.78. The fourth-order valence-corrected chi connectivity index (χ4v) is 2.37. The Morgan fingerprint density at radius 1 is 1.10 bits per heavy atom. The summed E-state index contributed by atoms with van der Waals surface area (Å²) in [5.41, 5.74) is 3.17. The highest BCUT2D eigenvalue weighted by Crippen LogP contribution is 2.20. The first-order valence-electron chi connectivity index (χ1n) is 6.95. The monoisotopic (exact) mass is 268 g/mol. The van der Waals surface area contributed by atoms with Crippen molar-refractivity contribution in [2.75, 3.05) is 6.61 Å². The van der Waals surface area contributed by atoms with Gasteiger partial charge in [0.1, 0.15) is 5.78 Å². The minimum absolute atomic E-state index is 0.0990. The van der Waals surface area contributed by atoms with Crippen LogP contribution in [0.15, 0.2) is 54.6 Å². The van der Waals surface area contributed by atoms with E-state index >= 15 is 0 Å². The molecule has 20 heavy (non-hydrogen) atoms. The van der Waals surface area contributed by atoms with Gasteiger partial charge in [0.2, 0.25) is 0 Å². The summed E-state index contributed by atoms with van der Waals surface area (Å²) in [7, 11) is 0. The van der Waals surface area contributed by atoms with Crippen LogP contribution in [0.2, 0.25) is 0 Å². The van der Waals surface area contributed by atoms with E-state index in [4.69, 9.17) is 0 Å². The first kappa shape index (κ1) is 14.5. The highest BCUT2D eigenvalue weighted by atomic mass is 16.3. The van der Waals surface area contributed by atoms with Gasteiger partial charge in [0, 0.05) is 6.42 Å². The molecule has 0 radical (unpaired) electrons. The number of aliphatic hydroxyl groups excluding tert-OH is 1. The highest BCUT2D eigenvalue weighted by molar-refractivity contribution is 5.86. The van der Waals surface area contributed by atoms with Crippen molar-refractivity contribution < 1.29 is 9.90 Å². The second kappa shape index (κ2) is 7.01.